The van der Waals surface area contributed by atoms with Gasteiger partial charge in [-0.1, -0.05) is 12.1 Å². The van der Waals surface area contributed by atoms with Crippen molar-refractivity contribution in [1.82, 2.24) is 14.5 Å². The summed E-state index contributed by atoms with van der Waals surface area (Å²) in [5.74, 6) is 2.80. The number of nitrogens with zero attached hydrogens (tertiary/aromatic N) is 3. The highest BCUT2D eigenvalue weighted by Crippen LogP contribution is 2.19. The van der Waals surface area contributed by atoms with Gasteiger partial charge in [-0.2, -0.15) is 0 Å². The normalized spacial score (nSPS) is 11.2. The highest BCUT2D eigenvalue weighted by atomic mass is 16.5. The summed E-state index contributed by atoms with van der Waals surface area (Å²) in [6.07, 6.45) is 0.923. The highest BCUT2D eigenvalue weighted by Gasteiger charge is 2.10. The van der Waals surface area contributed by atoms with Gasteiger partial charge >= 0.3 is 0 Å². The average molecular weight is 339 g/mol. The van der Waals surface area contributed by atoms with Gasteiger partial charge in [-0.25, -0.2) is 4.98 Å². The molecule has 0 saturated carbocycles. The van der Waals surface area contributed by atoms with Crippen LogP contribution in [0.5, 0.6) is 11.5 Å². The maximum Gasteiger partial charge on any atom is 0.124 e. The van der Waals surface area contributed by atoms with Crippen LogP contribution in [0.3, 0.4) is 0 Å². The van der Waals surface area contributed by atoms with E-state index in [0.29, 0.717) is 6.61 Å². The van der Waals surface area contributed by atoms with Crippen molar-refractivity contribution in [1.29, 1.82) is 0 Å². The summed E-state index contributed by atoms with van der Waals surface area (Å²) in [7, 11) is 5.80. The second-order valence-electron chi connectivity index (χ2n) is 6.28. The zero-order chi connectivity index (χ0) is 17.6. The first kappa shape index (κ1) is 17.3. The van der Waals surface area contributed by atoms with Gasteiger partial charge in [-0.15, -0.1) is 0 Å². The zero-order valence-corrected chi connectivity index (χ0v) is 15.1. The molecule has 5 heteroatoms. The van der Waals surface area contributed by atoms with Crippen LogP contribution in [0, 0.1) is 0 Å². The van der Waals surface area contributed by atoms with Gasteiger partial charge in [-0.05, 0) is 56.9 Å². The lowest BCUT2D eigenvalue weighted by atomic mass is 10.3. The van der Waals surface area contributed by atoms with E-state index in [-0.39, 0.29) is 0 Å². The van der Waals surface area contributed by atoms with Gasteiger partial charge in [0.15, 0.2) is 0 Å². The van der Waals surface area contributed by atoms with E-state index in [4.69, 9.17) is 14.5 Å². The molecule has 0 aliphatic heterocycles. The Morgan fingerprint density at radius 1 is 1.00 bits per heavy atom. The summed E-state index contributed by atoms with van der Waals surface area (Å²) >= 11 is 0. The van der Waals surface area contributed by atoms with Crippen molar-refractivity contribution in [2.45, 2.75) is 19.5 Å². The molecule has 0 bridgehead atoms. The molecule has 5 nitrogen and oxygen atoms in total. The van der Waals surface area contributed by atoms with Crippen LogP contribution in [0.4, 0.5) is 0 Å². The minimum absolute atomic E-state index is 0.667. The van der Waals surface area contributed by atoms with Gasteiger partial charge in [0.25, 0.3) is 0 Å². The Kier molecular flexibility index (Phi) is 5.56. The molecule has 0 atom stereocenters. The highest BCUT2D eigenvalue weighted by molar-refractivity contribution is 5.75. The Hall–Kier alpha value is -2.53. The number of methoxy groups -OCH3 is 1. The van der Waals surface area contributed by atoms with E-state index in [1.54, 1.807) is 7.11 Å². The lowest BCUT2D eigenvalue weighted by molar-refractivity contribution is 0.299. The molecule has 1 aromatic heterocycles. The molecule has 25 heavy (non-hydrogen) atoms. The van der Waals surface area contributed by atoms with E-state index in [1.807, 2.05) is 30.3 Å². The standard InChI is InChI=1S/C20H25N3O2/c1-22(2)15-20-21-18-7-4-5-8-19(18)23(20)13-6-14-25-17-11-9-16(24-3)10-12-17/h4-5,7-12H,6,13-15H2,1-3H3. The fourth-order valence-corrected chi connectivity index (χ4v) is 2.86. The number of fused-ring (bicyclic) bond motifs is 1. The van der Waals surface area contributed by atoms with Gasteiger partial charge < -0.3 is 18.9 Å². The number of ether oxygens (including phenoxy) is 2. The predicted molar refractivity (Wildman–Crippen MR) is 100 cm³/mol. The third-order valence-corrected chi connectivity index (χ3v) is 4.05. The fourth-order valence-electron chi connectivity index (χ4n) is 2.86. The lowest BCUT2D eigenvalue weighted by Gasteiger charge is -2.13. The van der Waals surface area contributed by atoms with Crippen molar-refractivity contribution >= 4 is 11.0 Å². The Balaban J connectivity index is 1.63. The van der Waals surface area contributed by atoms with Crippen LogP contribution in [0.25, 0.3) is 11.0 Å². The number of hydrogen-bond donors (Lipinski definition) is 0. The maximum absolute atomic E-state index is 5.84. The average Bonchev–Trinajstić information content (AvgIpc) is 2.96. The molecule has 2 aromatic carbocycles. The van der Waals surface area contributed by atoms with Gasteiger partial charge in [0, 0.05) is 6.54 Å². The molecule has 0 fully saturated rings. The Labute approximate surface area is 148 Å². The van der Waals surface area contributed by atoms with Crippen molar-refractivity contribution in [3.8, 4) is 11.5 Å². The molecule has 0 aliphatic carbocycles. The first-order valence-electron chi connectivity index (χ1n) is 8.53. The number of aromatic nitrogens is 2. The number of benzene rings is 2. The van der Waals surface area contributed by atoms with Gasteiger partial charge in [-0.3, -0.25) is 0 Å². The summed E-state index contributed by atoms with van der Waals surface area (Å²) in [5.41, 5.74) is 2.24. The first-order chi connectivity index (χ1) is 12.2. The molecule has 3 rings (SSSR count). The van der Waals surface area contributed by atoms with E-state index in [9.17, 15) is 0 Å². The van der Waals surface area contributed by atoms with E-state index in [2.05, 4.69) is 41.8 Å². The molecule has 0 aliphatic rings. The Morgan fingerprint density at radius 2 is 1.72 bits per heavy atom. The number of imidazole rings is 1. The lowest BCUT2D eigenvalue weighted by Crippen LogP contribution is -2.16. The van der Waals surface area contributed by atoms with Crippen molar-refractivity contribution in [3.63, 3.8) is 0 Å². The molecule has 0 unspecified atom stereocenters. The van der Waals surface area contributed by atoms with E-state index < -0.39 is 0 Å². The molecule has 0 saturated heterocycles. The minimum Gasteiger partial charge on any atom is -0.497 e. The topological polar surface area (TPSA) is 39.5 Å². The van der Waals surface area contributed by atoms with Crippen molar-refractivity contribution in [3.05, 3.63) is 54.4 Å². The van der Waals surface area contributed by atoms with E-state index in [1.165, 1.54) is 5.52 Å². The maximum atomic E-state index is 5.84. The summed E-state index contributed by atoms with van der Waals surface area (Å²) in [4.78, 5) is 6.92. The molecule has 0 amide bonds. The van der Waals surface area contributed by atoms with Gasteiger partial charge in [0.05, 0.1) is 31.3 Å². The van der Waals surface area contributed by atoms with Crippen LogP contribution in [-0.4, -0.2) is 42.3 Å². The molecule has 1 heterocycles. The molecular weight excluding hydrogens is 314 g/mol. The summed E-state index contributed by atoms with van der Waals surface area (Å²) in [5, 5.41) is 0. The van der Waals surface area contributed by atoms with Crippen LogP contribution in [0.2, 0.25) is 0 Å². The van der Waals surface area contributed by atoms with Crippen LogP contribution in [-0.2, 0) is 13.1 Å². The van der Waals surface area contributed by atoms with Crippen molar-refractivity contribution in [2.75, 3.05) is 27.8 Å². The first-order valence-corrected chi connectivity index (χ1v) is 8.53. The van der Waals surface area contributed by atoms with Crippen LogP contribution in [0.1, 0.15) is 12.2 Å². The quantitative estimate of drug-likeness (QED) is 0.588. The number of para-hydroxylation sites is 2. The molecule has 3 aromatic rings. The smallest absolute Gasteiger partial charge is 0.124 e. The van der Waals surface area contributed by atoms with Crippen molar-refractivity contribution < 1.29 is 9.47 Å². The second kappa shape index (κ2) is 8.03. The summed E-state index contributed by atoms with van der Waals surface area (Å²) < 4.78 is 13.3. The largest absolute Gasteiger partial charge is 0.497 e. The minimum atomic E-state index is 0.667. The number of aryl methyl sites for hydroxylation is 1. The second-order valence-corrected chi connectivity index (χ2v) is 6.28. The molecule has 0 spiro atoms. The Bertz CT molecular complexity index is 809. The van der Waals surface area contributed by atoms with Crippen LogP contribution in [0.15, 0.2) is 48.5 Å². The van der Waals surface area contributed by atoms with Gasteiger partial charge in [0.1, 0.15) is 17.3 Å². The molecule has 132 valence electrons. The van der Waals surface area contributed by atoms with E-state index >= 15 is 0 Å². The molecular formula is C20H25N3O2. The molecule has 0 N–H and O–H groups in total. The zero-order valence-electron chi connectivity index (χ0n) is 15.1. The molecule has 0 radical (unpaired) electrons. The number of hydrogen-bond acceptors (Lipinski definition) is 4. The predicted octanol–water partition coefficient (Wildman–Crippen LogP) is 3.58. The van der Waals surface area contributed by atoms with Gasteiger partial charge in [0.2, 0.25) is 0 Å². The van der Waals surface area contributed by atoms with Crippen LogP contribution >= 0.6 is 0 Å². The van der Waals surface area contributed by atoms with Crippen LogP contribution < -0.4 is 9.47 Å². The summed E-state index contributed by atoms with van der Waals surface area (Å²) in [6.45, 7) is 2.38. The monoisotopic (exact) mass is 339 g/mol. The fraction of sp³-hybridized carbons (Fsp3) is 0.350. The summed E-state index contributed by atoms with van der Waals surface area (Å²) in [6, 6.07) is 16.0. The SMILES string of the molecule is COc1ccc(OCCCn2c(CN(C)C)nc3ccccc32)cc1. The Morgan fingerprint density at radius 3 is 2.44 bits per heavy atom. The third-order valence-electron chi connectivity index (χ3n) is 4.05. The van der Waals surface area contributed by atoms with Crippen molar-refractivity contribution in [2.24, 2.45) is 0 Å². The number of rotatable bonds is 8. The third kappa shape index (κ3) is 4.31. The van der Waals surface area contributed by atoms with E-state index in [0.717, 1.165) is 42.4 Å².